The van der Waals surface area contributed by atoms with E-state index in [4.69, 9.17) is 28.9 Å². The normalized spacial score (nSPS) is 13.1. The quantitative estimate of drug-likeness (QED) is 0.516. The van der Waals surface area contributed by atoms with Gasteiger partial charge in [0.2, 0.25) is 0 Å². The van der Waals surface area contributed by atoms with Crippen molar-refractivity contribution >= 4 is 23.2 Å². The third-order valence-corrected chi connectivity index (χ3v) is 1.65. The largest absolute Gasteiger partial charge is 0.312 e. The van der Waals surface area contributed by atoms with Crippen LogP contribution in [0.3, 0.4) is 0 Å². The molecule has 0 aliphatic rings. The Morgan fingerprint density at radius 1 is 1.40 bits per heavy atom. The molecule has 0 aliphatic heterocycles. The van der Waals surface area contributed by atoms with E-state index in [1.165, 1.54) is 0 Å². The topological polar surface area (TPSA) is 26.0 Å². The van der Waals surface area contributed by atoms with Crippen molar-refractivity contribution in [1.29, 1.82) is 0 Å². The average Bonchev–Trinajstić information content (AvgIpc) is 1.88. The third-order valence-electron chi connectivity index (χ3n) is 1.17. The highest BCUT2D eigenvalue weighted by Gasteiger charge is 1.99. The van der Waals surface area contributed by atoms with E-state index in [-0.39, 0.29) is 0 Å². The van der Waals surface area contributed by atoms with Crippen LogP contribution >= 0.6 is 23.2 Å². The zero-order chi connectivity index (χ0) is 7.56. The molecule has 0 aliphatic carbocycles. The van der Waals surface area contributed by atoms with Gasteiger partial charge in [-0.2, -0.15) is 0 Å². The van der Waals surface area contributed by atoms with Crippen LogP contribution in [0.2, 0.25) is 5.02 Å². The Morgan fingerprint density at radius 3 is 2.50 bits per heavy atom. The lowest BCUT2D eigenvalue weighted by molar-refractivity contribution is 1.02. The molecule has 1 aromatic carbocycles. The van der Waals surface area contributed by atoms with E-state index in [0.29, 0.717) is 5.02 Å². The second-order valence-corrected chi connectivity index (χ2v) is 2.86. The lowest BCUT2D eigenvalue weighted by Gasteiger charge is -2.01. The molecule has 1 atom stereocenters. The van der Waals surface area contributed by atoms with E-state index >= 15 is 0 Å². The lowest BCUT2D eigenvalue weighted by atomic mass is 10.2. The fourth-order valence-corrected chi connectivity index (χ4v) is 1.01. The summed E-state index contributed by atoms with van der Waals surface area (Å²) in [7, 11) is 0. The summed E-state index contributed by atoms with van der Waals surface area (Å²) in [5, 5.41) is 0.661. The Labute approximate surface area is 69.7 Å². The van der Waals surface area contributed by atoms with E-state index in [9.17, 15) is 0 Å². The van der Waals surface area contributed by atoms with Crippen molar-refractivity contribution in [2.24, 2.45) is 5.73 Å². The van der Waals surface area contributed by atoms with Crippen LogP contribution in [0.5, 0.6) is 0 Å². The van der Waals surface area contributed by atoms with Gasteiger partial charge in [-0.3, -0.25) is 0 Å². The van der Waals surface area contributed by atoms with Gasteiger partial charge in [0.05, 0.1) is 0 Å². The maximum absolute atomic E-state index is 5.67. The second-order valence-electron chi connectivity index (χ2n) is 1.96. The molecule has 0 saturated carbocycles. The Hall–Kier alpha value is -0.240. The van der Waals surface area contributed by atoms with Crippen molar-refractivity contribution in [2.75, 3.05) is 0 Å². The van der Waals surface area contributed by atoms with Crippen molar-refractivity contribution in [1.82, 2.24) is 0 Å². The number of alkyl halides is 1. The van der Waals surface area contributed by atoms with Gasteiger partial charge >= 0.3 is 0 Å². The second kappa shape index (κ2) is 3.24. The van der Waals surface area contributed by atoms with E-state index in [1.54, 1.807) is 12.1 Å². The van der Waals surface area contributed by atoms with Crippen LogP contribution in [0.15, 0.2) is 24.3 Å². The molecular formula is C7H7Cl2N. The number of halogens is 2. The maximum atomic E-state index is 5.67. The monoisotopic (exact) mass is 175 g/mol. The van der Waals surface area contributed by atoms with Gasteiger partial charge in [-0.25, -0.2) is 0 Å². The first-order valence-electron chi connectivity index (χ1n) is 2.85. The molecule has 0 amide bonds. The van der Waals surface area contributed by atoms with Gasteiger partial charge in [-0.05, 0) is 17.7 Å². The van der Waals surface area contributed by atoms with Crippen LogP contribution < -0.4 is 5.73 Å². The van der Waals surface area contributed by atoms with Gasteiger partial charge in [-0.1, -0.05) is 23.7 Å². The molecule has 10 heavy (non-hydrogen) atoms. The molecule has 0 radical (unpaired) electrons. The summed E-state index contributed by atoms with van der Waals surface area (Å²) in [6.07, 6.45) is 0. The van der Waals surface area contributed by atoms with Crippen LogP contribution in [-0.2, 0) is 0 Å². The minimum absolute atomic E-state index is 0.460. The van der Waals surface area contributed by atoms with Crippen LogP contribution in [0.25, 0.3) is 0 Å². The first kappa shape index (κ1) is 7.86. The molecule has 1 aromatic rings. The molecule has 0 saturated heterocycles. The number of benzene rings is 1. The number of hydrogen-bond donors (Lipinski definition) is 1. The highest BCUT2D eigenvalue weighted by atomic mass is 35.5. The van der Waals surface area contributed by atoms with Crippen LogP contribution in [0, 0.1) is 0 Å². The van der Waals surface area contributed by atoms with Gasteiger partial charge in [0.25, 0.3) is 0 Å². The van der Waals surface area contributed by atoms with Gasteiger partial charge in [-0.15, -0.1) is 11.6 Å². The van der Waals surface area contributed by atoms with Gasteiger partial charge in [0, 0.05) is 5.02 Å². The summed E-state index contributed by atoms with van der Waals surface area (Å²) in [5.41, 5.74) is 5.77. The average molecular weight is 176 g/mol. The zero-order valence-corrected chi connectivity index (χ0v) is 6.73. The molecule has 54 valence electrons. The molecule has 0 spiro atoms. The Kier molecular flexibility index (Phi) is 2.55. The molecule has 1 rings (SSSR count). The van der Waals surface area contributed by atoms with E-state index < -0.39 is 5.50 Å². The smallest absolute Gasteiger partial charge is 0.106 e. The standard InChI is InChI=1S/C7H7Cl2N/c8-6-3-1-2-5(4-6)7(9)10/h1-4,7H,10H2. The van der Waals surface area contributed by atoms with Gasteiger partial charge in [0.15, 0.2) is 0 Å². The van der Waals surface area contributed by atoms with Crippen molar-refractivity contribution in [3.05, 3.63) is 34.9 Å². The van der Waals surface area contributed by atoms with Crippen LogP contribution in [-0.4, -0.2) is 0 Å². The van der Waals surface area contributed by atoms with E-state index in [2.05, 4.69) is 0 Å². The molecule has 1 nitrogen and oxygen atoms in total. The van der Waals surface area contributed by atoms with Gasteiger partial charge in [0.1, 0.15) is 5.50 Å². The summed E-state index contributed by atoms with van der Waals surface area (Å²) in [4.78, 5) is 0. The maximum Gasteiger partial charge on any atom is 0.106 e. The van der Waals surface area contributed by atoms with E-state index in [0.717, 1.165) is 5.56 Å². The third kappa shape index (κ3) is 1.87. The molecule has 2 N–H and O–H groups in total. The molecular weight excluding hydrogens is 169 g/mol. The molecule has 3 heteroatoms. The number of nitrogens with two attached hydrogens (primary N) is 1. The number of rotatable bonds is 1. The summed E-state index contributed by atoms with van der Waals surface area (Å²) >= 11 is 11.3. The highest BCUT2D eigenvalue weighted by molar-refractivity contribution is 6.30. The predicted octanol–water partition coefficient (Wildman–Crippen LogP) is 2.54. The van der Waals surface area contributed by atoms with Crippen LogP contribution in [0.1, 0.15) is 11.1 Å². The van der Waals surface area contributed by atoms with E-state index in [1.807, 2.05) is 12.1 Å². The molecule has 0 aromatic heterocycles. The summed E-state index contributed by atoms with van der Waals surface area (Å²) in [6.45, 7) is 0. The summed E-state index contributed by atoms with van der Waals surface area (Å²) < 4.78 is 0. The van der Waals surface area contributed by atoms with Crippen molar-refractivity contribution in [2.45, 2.75) is 5.50 Å². The van der Waals surface area contributed by atoms with Crippen LogP contribution in [0.4, 0.5) is 0 Å². The first-order chi connectivity index (χ1) is 4.70. The zero-order valence-electron chi connectivity index (χ0n) is 5.22. The number of hydrogen-bond acceptors (Lipinski definition) is 1. The molecule has 0 bridgehead atoms. The van der Waals surface area contributed by atoms with Gasteiger partial charge < -0.3 is 5.73 Å². The summed E-state index contributed by atoms with van der Waals surface area (Å²) in [6, 6.07) is 7.19. The minimum Gasteiger partial charge on any atom is -0.312 e. The Morgan fingerprint density at radius 2 is 2.10 bits per heavy atom. The molecule has 0 fully saturated rings. The fourth-order valence-electron chi connectivity index (χ4n) is 0.678. The SMILES string of the molecule is NC(Cl)c1cccc(Cl)c1. The van der Waals surface area contributed by atoms with Crippen molar-refractivity contribution in [3.8, 4) is 0 Å². The lowest BCUT2D eigenvalue weighted by Crippen LogP contribution is -2.00. The summed E-state index contributed by atoms with van der Waals surface area (Å²) in [5.74, 6) is 0. The molecule has 0 heterocycles. The minimum atomic E-state index is -0.460. The van der Waals surface area contributed by atoms with Crippen molar-refractivity contribution < 1.29 is 0 Å². The van der Waals surface area contributed by atoms with Crippen molar-refractivity contribution in [3.63, 3.8) is 0 Å². The highest BCUT2D eigenvalue weighted by Crippen LogP contribution is 2.17. The molecule has 1 unspecified atom stereocenters. The Bertz CT molecular complexity index is 223. The first-order valence-corrected chi connectivity index (χ1v) is 3.66. The Balaban J connectivity index is 2.96. The predicted molar refractivity (Wildman–Crippen MR) is 44.2 cm³/mol. The fraction of sp³-hybridized carbons (Fsp3) is 0.143.